The van der Waals surface area contributed by atoms with Gasteiger partial charge in [0.05, 0.1) is 18.7 Å². The zero-order valence-electron chi connectivity index (χ0n) is 18.7. The first-order valence-electron chi connectivity index (χ1n) is 10.7. The van der Waals surface area contributed by atoms with Crippen molar-refractivity contribution in [1.29, 1.82) is 0 Å². The maximum absolute atomic E-state index is 12.8. The van der Waals surface area contributed by atoms with Gasteiger partial charge in [0.2, 0.25) is 0 Å². The topological polar surface area (TPSA) is 70.7 Å². The van der Waals surface area contributed by atoms with Crippen LogP contribution in [0.5, 0.6) is 0 Å². The molecule has 7 heteroatoms. The molecular weight excluding hydrogens is 434 g/mol. The normalized spacial score (nSPS) is 15.9. The van der Waals surface area contributed by atoms with Crippen LogP contribution >= 0.6 is 12.2 Å². The van der Waals surface area contributed by atoms with E-state index in [9.17, 15) is 9.59 Å². The van der Waals surface area contributed by atoms with Crippen molar-refractivity contribution in [2.24, 2.45) is 0 Å². The van der Waals surface area contributed by atoms with E-state index >= 15 is 0 Å². The van der Waals surface area contributed by atoms with Crippen molar-refractivity contribution in [3.63, 3.8) is 0 Å². The molecule has 1 amide bonds. The molecule has 0 spiro atoms. The van der Waals surface area contributed by atoms with Gasteiger partial charge in [-0.2, -0.15) is 0 Å². The summed E-state index contributed by atoms with van der Waals surface area (Å²) in [5, 5.41) is 8.83. The Bertz CT molecular complexity index is 1270. The number of esters is 1. The third-order valence-electron chi connectivity index (χ3n) is 5.83. The molecule has 1 atom stereocenters. The van der Waals surface area contributed by atoms with E-state index in [0.717, 1.165) is 22.0 Å². The van der Waals surface area contributed by atoms with Crippen molar-refractivity contribution in [3.05, 3.63) is 89.1 Å². The number of carbonyl (C=O) groups excluding carboxylic acids is 2. The number of fused-ring (bicyclic) bond motifs is 1. The number of rotatable bonds is 5. The SMILES string of the molecule is CCN1C(=S)N[C@H](c2ccc(NC(=O)c3ccc4ccccc4c3)cc2)C(C(=O)OC)=C1C. The van der Waals surface area contributed by atoms with E-state index in [-0.39, 0.29) is 5.91 Å². The van der Waals surface area contributed by atoms with E-state index in [2.05, 4.69) is 10.6 Å². The molecule has 1 heterocycles. The number of methoxy groups -OCH3 is 1. The summed E-state index contributed by atoms with van der Waals surface area (Å²) in [6.07, 6.45) is 0. The molecule has 0 saturated carbocycles. The summed E-state index contributed by atoms with van der Waals surface area (Å²) in [6, 6.07) is 20.5. The fourth-order valence-electron chi connectivity index (χ4n) is 4.08. The quantitative estimate of drug-likeness (QED) is 0.422. The lowest BCUT2D eigenvalue weighted by Crippen LogP contribution is -2.47. The number of nitrogens with zero attached hydrogens (tertiary/aromatic N) is 1. The number of thiocarbonyl (C=S) groups is 1. The van der Waals surface area contributed by atoms with Crippen LogP contribution in [0.2, 0.25) is 0 Å². The minimum absolute atomic E-state index is 0.185. The number of carbonyl (C=O) groups is 2. The average Bonchev–Trinajstić information content (AvgIpc) is 2.83. The highest BCUT2D eigenvalue weighted by Crippen LogP contribution is 2.32. The van der Waals surface area contributed by atoms with Gasteiger partial charge in [-0.25, -0.2) is 4.79 Å². The Hall–Kier alpha value is -3.71. The Morgan fingerprint density at radius 2 is 1.76 bits per heavy atom. The molecule has 0 aromatic heterocycles. The molecule has 1 aliphatic rings. The Kier molecular flexibility index (Phi) is 6.42. The molecule has 6 nitrogen and oxygen atoms in total. The second-order valence-electron chi connectivity index (χ2n) is 7.76. The van der Waals surface area contributed by atoms with Crippen LogP contribution in [0.4, 0.5) is 5.69 Å². The van der Waals surface area contributed by atoms with Crippen molar-refractivity contribution < 1.29 is 14.3 Å². The summed E-state index contributed by atoms with van der Waals surface area (Å²) >= 11 is 5.50. The Labute approximate surface area is 198 Å². The molecule has 3 aromatic rings. The number of ether oxygens (including phenoxy) is 1. The molecule has 3 aromatic carbocycles. The van der Waals surface area contributed by atoms with Crippen LogP contribution in [-0.4, -0.2) is 35.5 Å². The predicted octanol–water partition coefficient (Wildman–Crippen LogP) is 4.79. The molecule has 2 N–H and O–H groups in total. The van der Waals surface area contributed by atoms with Crippen molar-refractivity contribution in [3.8, 4) is 0 Å². The van der Waals surface area contributed by atoms with Crippen molar-refractivity contribution in [2.75, 3.05) is 19.0 Å². The first-order valence-corrected chi connectivity index (χ1v) is 11.1. The van der Waals surface area contributed by atoms with Gasteiger partial charge in [-0.15, -0.1) is 0 Å². The summed E-state index contributed by atoms with van der Waals surface area (Å²) in [5.41, 5.74) is 3.37. The largest absolute Gasteiger partial charge is 0.466 e. The lowest BCUT2D eigenvalue weighted by atomic mass is 9.95. The van der Waals surface area contributed by atoms with E-state index in [4.69, 9.17) is 17.0 Å². The van der Waals surface area contributed by atoms with Crippen LogP contribution in [0.25, 0.3) is 10.8 Å². The first-order chi connectivity index (χ1) is 15.9. The molecule has 33 heavy (non-hydrogen) atoms. The number of anilines is 1. The van der Waals surface area contributed by atoms with Crippen molar-refractivity contribution in [2.45, 2.75) is 19.9 Å². The smallest absolute Gasteiger partial charge is 0.337 e. The van der Waals surface area contributed by atoms with E-state index < -0.39 is 12.0 Å². The molecule has 0 unspecified atom stereocenters. The molecule has 168 valence electrons. The lowest BCUT2D eigenvalue weighted by molar-refractivity contribution is -0.136. The van der Waals surface area contributed by atoms with Crippen molar-refractivity contribution >= 4 is 45.7 Å². The van der Waals surface area contributed by atoms with Gasteiger partial charge in [0, 0.05) is 23.5 Å². The van der Waals surface area contributed by atoms with Gasteiger partial charge in [0.15, 0.2) is 5.11 Å². The lowest BCUT2D eigenvalue weighted by Gasteiger charge is -2.36. The highest BCUT2D eigenvalue weighted by atomic mass is 32.1. The average molecular weight is 460 g/mol. The van der Waals surface area contributed by atoms with Gasteiger partial charge >= 0.3 is 5.97 Å². The summed E-state index contributed by atoms with van der Waals surface area (Å²) in [7, 11) is 1.37. The van der Waals surface area contributed by atoms with Gasteiger partial charge in [0.1, 0.15) is 0 Å². The summed E-state index contributed by atoms with van der Waals surface area (Å²) in [4.78, 5) is 27.2. The van der Waals surface area contributed by atoms with Crippen LogP contribution in [-0.2, 0) is 9.53 Å². The van der Waals surface area contributed by atoms with Gasteiger partial charge in [-0.1, -0.05) is 42.5 Å². The molecule has 1 aliphatic heterocycles. The number of amides is 1. The fraction of sp³-hybridized carbons (Fsp3) is 0.192. The highest BCUT2D eigenvalue weighted by Gasteiger charge is 2.33. The van der Waals surface area contributed by atoms with E-state index in [0.29, 0.717) is 28.5 Å². The zero-order valence-corrected chi connectivity index (χ0v) is 19.5. The molecular formula is C26H25N3O3S. The van der Waals surface area contributed by atoms with Gasteiger partial charge in [-0.05, 0) is 66.7 Å². The highest BCUT2D eigenvalue weighted by molar-refractivity contribution is 7.80. The fourth-order valence-corrected chi connectivity index (χ4v) is 4.46. The minimum atomic E-state index is -0.432. The third-order valence-corrected chi connectivity index (χ3v) is 6.17. The van der Waals surface area contributed by atoms with Gasteiger partial charge in [0.25, 0.3) is 5.91 Å². The molecule has 0 fully saturated rings. The number of hydrogen-bond donors (Lipinski definition) is 2. The molecule has 0 saturated heterocycles. The number of allylic oxidation sites excluding steroid dienone is 1. The minimum Gasteiger partial charge on any atom is -0.466 e. The molecule has 0 aliphatic carbocycles. The monoisotopic (exact) mass is 459 g/mol. The summed E-state index contributed by atoms with van der Waals surface area (Å²) in [5.74, 6) is -0.588. The van der Waals surface area contributed by atoms with Crippen LogP contribution in [0, 0.1) is 0 Å². The number of nitrogens with one attached hydrogen (secondary N) is 2. The molecule has 0 bridgehead atoms. The molecule has 4 rings (SSSR count). The van der Waals surface area contributed by atoms with E-state index in [1.165, 1.54) is 7.11 Å². The zero-order chi connectivity index (χ0) is 23.5. The maximum Gasteiger partial charge on any atom is 0.337 e. The predicted molar refractivity (Wildman–Crippen MR) is 134 cm³/mol. The maximum atomic E-state index is 12.8. The van der Waals surface area contributed by atoms with Gasteiger partial charge < -0.3 is 20.3 Å². The Balaban J connectivity index is 1.56. The van der Waals surface area contributed by atoms with E-state index in [1.807, 2.05) is 85.5 Å². The van der Waals surface area contributed by atoms with Gasteiger partial charge in [-0.3, -0.25) is 4.79 Å². The van der Waals surface area contributed by atoms with E-state index in [1.54, 1.807) is 0 Å². The number of benzene rings is 3. The van der Waals surface area contributed by atoms with Crippen LogP contribution in [0.15, 0.2) is 78.0 Å². The molecule has 0 radical (unpaired) electrons. The Morgan fingerprint density at radius 1 is 1.06 bits per heavy atom. The third kappa shape index (κ3) is 4.45. The Morgan fingerprint density at radius 3 is 2.42 bits per heavy atom. The second kappa shape index (κ2) is 9.42. The first kappa shape index (κ1) is 22.5. The second-order valence-corrected chi connectivity index (χ2v) is 8.14. The van der Waals surface area contributed by atoms with Crippen molar-refractivity contribution in [1.82, 2.24) is 10.2 Å². The van der Waals surface area contributed by atoms with Crippen LogP contribution in [0.3, 0.4) is 0 Å². The van der Waals surface area contributed by atoms with Crippen LogP contribution in [0.1, 0.15) is 35.8 Å². The standard InChI is InChI=1S/C26H25N3O3S/c1-4-29-16(2)22(25(31)32-3)23(28-26(29)33)18-11-13-21(14-12-18)27-24(30)20-10-9-17-7-5-6-8-19(17)15-20/h5-15,23H,4H2,1-3H3,(H,27,30)(H,28,33)/t23-/m1/s1. The number of hydrogen-bond acceptors (Lipinski definition) is 4. The summed E-state index contributed by atoms with van der Waals surface area (Å²) in [6.45, 7) is 4.48. The summed E-state index contributed by atoms with van der Waals surface area (Å²) < 4.78 is 5.03. The van der Waals surface area contributed by atoms with Crippen LogP contribution < -0.4 is 10.6 Å².